The van der Waals surface area contributed by atoms with Gasteiger partial charge in [-0.3, -0.25) is 4.90 Å². The summed E-state index contributed by atoms with van der Waals surface area (Å²) in [5.41, 5.74) is 7.16. The van der Waals surface area contributed by atoms with Gasteiger partial charge >= 0.3 is 0 Å². The van der Waals surface area contributed by atoms with Crippen LogP contribution in [-0.2, 0) is 0 Å². The van der Waals surface area contributed by atoms with Gasteiger partial charge in [0.2, 0.25) is 0 Å². The van der Waals surface area contributed by atoms with Crippen molar-refractivity contribution in [1.29, 1.82) is 0 Å². The Balaban J connectivity index is 2.86. The third-order valence-corrected chi connectivity index (χ3v) is 3.74. The molecule has 2 nitrogen and oxygen atoms in total. The number of likely N-dealkylation sites (N-methyl/N-ethyl adjacent to an activating group) is 1. The van der Waals surface area contributed by atoms with Crippen molar-refractivity contribution in [2.24, 2.45) is 5.73 Å². The average Bonchev–Trinajstić information content (AvgIpc) is 2.34. The van der Waals surface area contributed by atoms with E-state index >= 15 is 0 Å². The maximum absolute atomic E-state index is 5.92. The molecule has 17 heavy (non-hydrogen) atoms. The lowest BCUT2D eigenvalue weighted by Crippen LogP contribution is -2.38. The summed E-state index contributed by atoms with van der Waals surface area (Å²) in [6, 6.07) is 8.86. The third-order valence-electron chi connectivity index (χ3n) is 3.49. The lowest BCUT2D eigenvalue weighted by atomic mass is 10.0. The molecular weight excluding hydrogens is 232 g/mol. The number of nitrogens with two attached hydrogens (primary N) is 1. The number of nitrogens with zero attached hydrogens (tertiary/aromatic N) is 1. The molecule has 1 aromatic rings. The minimum Gasteiger partial charge on any atom is -0.329 e. The number of hydrogen-bond donors (Lipinski definition) is 1. The van der Waals surface area contributed by atoms with Crippen LogP contribution in [0.1, 0.15) is 38.3 Å². The van der Waals surface area contributed by atoms with Crippen LogP contribution in [0.25, 0.3) is 0 Å². The highest BCUT2D eigenvalue weighted by Crippen LogP contribution is 2.24. The zero-order chi connectivity index (χ0) is 12.8. The molecule has 0 fully saturated rings. The highest BCUT2D eigenvalue weighted by molar-refractivity contribution is 6.30. The van der Waals surface area contributed by atoms with Crippen LogP contribution in [-0.4, -0.2) is 24.5 Å². The summed E-state index contributed by atoms with van der Waals surface area (Å²) in [6.45, 7) is 5.08. The molecule has 0 aromatic heterocycles. The molecule has 0 spiro atoms. The molecule has 0 bridgehead atoms. The van der Waals surface area contributed by atoms with Crippen molar-refractivity contribution in [2.75, 3.05) is 13.6 Å². The van der Waals surface area contributed by atoms with Gasteiger partial charge in [0.05, 0.1) is 0 Å². The zero-order valence-corrected chi connectivity index (χ0v) is 11.7. The van der Waals surface area contributed by atoms with Gasteiger partial charge in [0.15, 0.2) is 0 Å². The summed E-state index contributed by atoms with van der Waals surface area (Å²) in [5, 5.41) is 0.773. The summed E-state index contributed by atoms with van der Waals surface area (Å²) in [6.07, 6.45) is 2.30. The summed E-state index contributed by atoms with van der Waals surface area (Å²) < 4.78 is 0. The molecule has 0 aliphatic heterocycles. The van der Waals surface area contributed by atoms with E-state index in [1.807, 2.05) is 12.1 Å². The van der Waals surface area contributed by atoms with Gasteiger partial charge in [-0.05, 0) is 37.6 Å². The average molecular weight is 255 g/mol. The van der Waals surface area contributed by atoms with Crippen LogP contribution in [0.4, 0.5) is 0 Å². The van der Waals surface area contributed by atoms with Gasteiger partial charge in [-0.25, -0.2) is 0 Å². The first-order chi connectivity index (χ1) is 8.13. The Morgan fingerprint density at radius 1 is 1.18 bits per heavy atom. The zero-order valence-electron chi connectivity index (χ0n) is 11.0. The van der Waals surface area contributed by atoms with E-state index in [-0.39, 0.29) is 6.04 Å². The molecule has 3 heteroatoms. The van der Waals surface area contributed by atoms with Gasteiger partial charge in [0.1, 0.15) is 0 Å². The fourth-order valence-corrected chi connectivity index (χ4v) is 2.47. The topological polar surface area (TPSA) is 29.3 Å². The van der Waals surface area contributed by atoms with Gasteiger partial charge in [0, 0.05) is 23.7 Å². The minimum atomic E-state index is 0.275. The van der Waals surface area contributed by atoms with Crippen LogP contribution >= 0.6 is 11.6 Å². The maximum Gasteiger partial charge on any atom is 0.0470 e. The summed E-state index contributed by atoms with van der Waals surface area (Å²) in [5.74, 6) is 0. The van der Waals surface area contributed by atoms with Crippen LogP contribution < -0.4 is 5.73 Å². The molecule has 0 saturated carbocycles. The molecule has 0 heterocycles. The Hall–Kier alpha value is -0.570. The highest BCUT2D eigenvalue weighted by Gasteiger charge is 2.20. The van der Waals surface area contributed by atoms with Crippen LogP contribution in [0.5, 0.6) is 0 Å². The standard InChI is InChI=1S/C14H23ClN2/c1-4-13(5-2)17(3)14(10-16)11-6-8-12(15)9-7-11/h6-9,13-14H,4-5,10,16H2,1-3H3. The van der Waals surface area contributed by atoms with Gasteiger partial charge in [-0.1, -0.05) is 37.6 Å². The molecule has 0 aliphatic rings. The Labute approximate surface area is 110 Å². The fraction of sp³-hybridized carbons (Fsp3) is 0.571. The molecule has 1 rings (SSSR count). The van der Waals surface area contributed by atoms with Crippen molar-refractivity contribution in [3.05, 3.63) is 34.9 Å². The second-order valence-corrected chi connectivity index (χ2v) is 4.88. The van der Waals surface area contributed by atoms with E-state index in [2.05, 4.69) is 37.9 Å². The summed E-state index contributed by atoms with van der Waals surface area (Å²) in [4.78, 5) is 2.38. The first kappa shape index (κ1) is 14.5. The van der Waals surface area contributed by atoms with E-state index < -0.39 is 0 Å². The molecule has 0 saturated heterocycles. The third kappa shape index (κ3) is 3.70. The fourth-order valence-electron chi connectivity index (χ4n) is 2.34. The lowest BCUT2D eigenvalue weighted by Gasteiger charge is -2.34. The Bertz CT molecular complexity index is 319. The highest BCUT2D eigenvalue weighted by atomic mass is 35.5. The van der Waals surface area contributed by atoms with E-state index in [0.717, 1.165) is 17.9 Å². The quantitative estimate of drug-likeness (QED) is 0.843. The van der Waals surface area contributed by atoms with E-state index in [1.54, 1.807) is 0 Å². The first-order valence-electron chi connectivity index (χ1n) is 6.31. The van der Waals surface area contributed by atoms with Crippen LogP contribution in [0.2, 0.25) is 5.02 Å². The number of benzene rings is 1. The van der Waals surface area contributed by atoms with E-state index in [0.29, 0.717) is 12.6 Å². The molecular formula is C14H23ClN2. The van der Waals surface area contributed by atoms with Gasteiger partial charge in [-0.2, -0.15) is 0 Å². The van der Waals surface area contributed by atoms with Crippen molar-refractivity contribution in [1.82, 2.24) is 4.90 Å². The van der Waals surface area contributed by atoms with E-state index in [4.69, 9.17) is 17.3 Å². The van der Waals surface area contributed by atoms with Crippen molar-refractivity contribution < 1.29 is 0 Å². The van der Waals surface area contributed by atoms with Gasteiger partial charge in [0.25, 0.3) is 0 Å². The van der Waals surface area contributed by atoms with Crippen LogP contribution in [0.15, 0.2) is 24.3 Å². The SMILES string of the molecule is CCC(CC)N(C)C(CN)c1ccc(Cl)cc1. The van der Waals surface area contributed by atoms with Crippen molar-refractivity contribution in [2.45, 2.75) is 38.8 Å². The lowest BCUT2D eigenvalue weighted by molar-refractivity contribution is 0.168. The molecule has 1 atom stereocenters. The van der Waals surface area contributed by atoms with Crippen molar-refractivity contribution in [3.8, 4) is 0 Å². The molecule has 1 unspecified atom stereocenters. The number of rotatable bonds is 6. The number of hydrogen-bond acceptors (Lipinski definition) is 2. The normalized spacial score (nSPS) is 13.4. The number of halogens is 1. The Morgan fingerprint density at radius 3 is 2.12 bits per heavy atom. The second-order valence-electron chi connectivity index (χ2n) is 4.44. The smallest absolute Gasteiger partial charge is 0.0470 e. The first-order valence-corrected chi connectivity index (χ1v) is 6.69. The summed E-state index contributed by atoms with van der Waals surface area (Å²) >= 11 is 5.91. The predicted octanol–water partition coefficient (Wildman–Crippen LogP) is 3.46. The Kier molecular flexibility index (Phi) is 5.96. The van der Waals surface area contributed by atoms with Crippen molar-refractivity contribution >= 4 is 11.6 Å². The van der Waals surface area contributed by atoms with Crippen molar-refractivity contribution in [3.63, 3.8) is 0 Å². The molecule has 96 valence electrons. The minimum absolute atomic E-state index is 0.275. The maximum atomic E-state index is 5.92. The predicted molar refractivity (Wildman–Crippen MR) is 75.4 cm³/mol. The van der Waals surface area contributed by atoms with Crippen LogP contribution in [0, 0.1) is 0 Å². The van der Waals surface area contributed by atoms with E-state index in [1.165, 1.54) is 5.56 Å². The largest absolute Gasteiger partial charge is 0.329 e. The molecule has 0 amide bonds. The Morgan fingerprint density at radius 2 is 1.71 bits per heavy atom. The van der Waals surface area contributed by atoms with E-state index in [9.17, 15) is 0 Å². The van der Waals surface area contributed by atoms with Crippen LogP contribution in [0.3, 0.4) is 0 Å². The van der Waals surface area contributed by atoms with Gasteiger partial charge in [-0.15, -0.1) is 0 Å². The molecule has 1 aromatic carbocycles. The molecule has 2 N–H and O–H groups in total. The monoisotopic (exact) mass is 254 g/mol. The summed E-state index contributed by atoms with van der Waals surface area (Å²) in [7, 11) is 2.16. The van der Waals surface area contributed by atoms with Gasteiger partial charge < -0.3 is 5.73 Å². The molecule has 0 radical (unpaired) electrons. The second kappa shape index (κ2) is 7.00. The molecule has 0 aliphatic carbocycles.